The quantitative estimate of drug-likeness (QED) is 0.475. The highest BCUT2D eigenvalue weighted by Crippen LogP contribution is 2.38. The summed E-state index contributed by atoms with van der Waals surface area (Å²) in [6.07, 6.45) is 14.1. The first-order valence-electron chi connectivity index (χ1n) is 8.19. The lowest BCUT2D eigenvalue weighted by molar-refractivity contribution is 0.0992. The van der Waals surface area contributed by atoms with Gasteiger partial charge in [0.1, 0.15) is 0 Å². The molecule has 0 aromatic heterocycles. The molecule has 1 atom stereocenters. The highest BCUT2D eigenvalue weighted by Gasteiger charge is 2.42. The first-order valence-corrected chi connectivity index (χ1v) is 8.19. The minimum Gasteiger partial charge on any atom is -0.312 e. The van der Waals surface area contributed by atoms with Crippen LogP contribution in [0.25, 0.3) is 0 Å². The van der Waals surface area contributed by atoms with Crippen LogP contribution in [0.1, 0.15) is 64.7 Å². The predicted octanol–water partition coefficient (Wildman–Crippen LogP) is 3.98. The van der Waals surface area contributed by atoms with Gasteiger partial charge in [-0.05, 0) is 52.7 Å². The summed E-state index contributed by atoms with van der Waals surface area (Å²) in [6, 6.07) is 0.665. The molecule has 0 aromatic carbocycles. The second kappa shape index (κ2) is 8.76. The van der Waals surface area contributed by atoms with Crippen LogP contribution in [0.2, 0.25) is 0 Å². The molecule has 1 aliphatic rings. The number of hydrogen-bond donors (Lipinski definition) is 1. The Kier molecular flexibility index (Phi) is 7.70. The van der Waals surface area contributed by atoms with Gasteiger partial charge in [-0.3, -0.25) is 0 Å². The van der Waals surface area contributed by atoms with E-state index in [1.807, 2.05) is 6.08 Å². The van der Waals surface area contributed by atoms with Gasteiger partial charge in [0, 0.05) is 11.6 Å². The van der Waals surface area contributed by atoms with E-state index in [4.69, 9.17) is 0 Å². The zero-order valence-electron chi connectivity index (χ0n) is 13.4. The average molecular weight is 266 g/mol. The first kappa shape index (κ1) is 16.7. The van der Waals surface area contributed by atoms with Crippen molar-refractivity contribution in [3.63, 3.8) is 0 Å². The highest BCUT2D eigenvalue weighted by molar-refractivity contribution is 5.01. The number of likely N-dealkylation sites (N-methyl/N-ethyl adjacent to an activating group) is 2. The largest absolute Gasteiger partial charge is 0.312 e. The van der Waals surface area contributed by atoms with Crippen LogP contribution in [-0.2, 0) is 0 Å². The van der Waals surface area contributed by atoms with Crippen molar-refractivity contribution in [2.24, 2.45) is 0 Å². The fourth-order valence-electron chi connectivity index (χ4n) is 3.72. The van der Waals surface area contributed by atoms with E-state index in [1.54, 1.807) is 0 Å². The maximum atomic E-state index is 3.80. The van der Waals surface area contributed by atoms with E-state index in [0.29, 0.717) is 11.6 Å². The van der Waals surface area contributed by atoms with Crippen molar-refractivity contribution >= 4 is 0 Å². The van der Waals surface area contributed by atoms with Gasteiger partial charge < -0.3 is 10.2 Å². The standard InChI is InChI=1S/C17H34N2/c1-5-7-8-9-10-13-16(18-6-2)17(19(3)4)14-11-12-15-17/h5,16,18H,1,6-15H2,2-4H3. The molecule has 0 radical (unpaired) electrons. The molecule has 2 heteroatoms. The zero-order chi connectivity index (χ0) is 14.1. The minimum atomic E-state index is 0.411. The Bertz CT molecular complexity index is 242. The third kappa shape index (κ3) is 4.61. The number of hydrogen-bond acceptors (Lipinski definition) is 2. The first-order chi connectivity index (χ1) is 9.17. The number of rotatable bonds is 10. The fraction of sp³-hybridized carbons (Fsp3) is 0.882. The van der Waals surface area contributed by atoms with E-state index in [-0.39, 0.29) is 0 Å². The summed E-state index contributed by atoms with van der Waals surface area (Å²) in [4.78, 5) is 2.50. The van der Waals surface area contributed by atoms with Crippen molar-refractivity contribution in [1.29, 1.82) is 0 Å². The van der Waals surface area contributed by atoms with Gasteiger partial charge in [-0.25, -0.2) is 0 Å². The third-order valence-electron chi connectivity index (χ3n) is 4.86. The summed E-state index contributed by atoms with van der Waals surface area (Å²) in [5.41, 5.74) is 0.411. The highest BCUT2D eigenvalue weighted by atomic mass is 15.2. The van der Waals surface area contributed by atoms with E-state index >= 15 is 0 Å². The Morgan fingerprint density at radius 3 is 2.42 bits per heavy atom. The van der Waals surface area contributed by atoms with Gasteiger partial charge in [0.15, 0.2) is 0 Å². The van der Waals surface area contributed by atoms with Crippen LogP contribution in [-0.4, -0.2) is 37.1 Å². The maximum Gasteiger partial charge on any atom is 0.0356 e. The summed E-state index contributed by atoms with van der Waals surface area (Å²) < 4.78 is 0. The van der Waals surface area contributed by atoms with Crippen molar-refractivity contribution in [2.45, 2.75) is 76.3 Å². The van der Waals surface area contributed by atoms with Crippen LogP contribution in [0.15, 0.2) is 12.7 Å². The van der Waals surface area contributed by atoms with E-state index in [0.717, 1.165) is 6.54 Å². The molecular formula is C17H34N2. The lowest BCUT2D eigenvalue weighted by Crippen LogP contribution is -2.57. The molecule has 1 fully saturated rings. The monoisotopic (exact) mass is 266 g/mol. The molecule has 0 bridgehead atoms. The Balaban J connectivity index is 2.51. The van der Waals surface area contributed by atoms with Gasteiger partial charge in [-0.1, -0.05) is 38.7 Å². The molecule has 1 unspecified atom stereocenters. The normalized spacial score (nSPS) is 19.8. The summed E-state index contributed by atoms with van der Waals surface area (Å²) in [5.74, 6) is 0. The minimum absolute atomic E-state index is 0.411. The molecule has 0 amide bonds. The smallest absolute Gasteiger partial charge is 0.0356 e. The SMILES string of the molecule is C=CCCCCCC(NCC)C1(N(C)C)CCCC1. The fourth-order valence-corrected chi connectivity index (χ4v) is 3.72. The van der Waals surface area contributed by atoms with Gasteiger partial charge in [-0.2, -0.15) is 0 Å². The van der Waals surface area contributed by atoms with E-state index in [1.165, 1.54) is 57.8 Å². The van der Waals surface area contributed by atoms with Crippen LogP contribution in [0.3, 0.4) is 0 Å². The van der Waals surface area contributed by atoms with Gasteiger partial charge in [0.25, 0.3) is 0 Å². The van der Waals surface area contributed by atoms with Gasteiger partial charge in [0.05, 0.1) is 0 Å². The maximum absolute atomic E-state index is 3.80. The lowest BCUT2D eigenvalue weighted by atomic mass is 9.83. The number of unbranched alkanes of at least 4 members (excludes halogenated alkanes) is 3. The van der Waals surface area contributed by atoms with Gasteiger partial charge >= 0.3 is 0 Å². The van der Waals surface area contributed by atoms with E-state index in [2.05, 4.69) is 37.8 Å². The topological polar surface area (TPSA) is 15.3 Å². The molecule has 0 aromatic rings. The van der Waals surface area contributed by atoms with Crippen molar-refractivity contribution in [3.05, 3.63) is 12.7 Å². The van der Waals surface area contributed by atoms with E-state index in [9.17, 15) is 0 Å². The molecule has 1 N–H and O–H groups in total. The number of allylic oxidation sites excluding steroid dienone is 1. The molecule has 0 saturated heterocycles. The van der Waals surface area contributed by atoms with Crippen LogP contribution >= 0.6 is 0 Å². The molecule has 0 spiro atoms. The Hall–Kier alpha value is -0.340. The van der Waals surface area contributed by atoms with Gasteiger partial charge in [-0.15, -0.1) is 6.58 Å². The molecule has 0 aliphatic heterocycles. The molecular weight excluding hydrogens is 232 g/mol. The predicted molar refractivity (Wildman–Crippen MR) is 85.6 cm³/mol. The Labute approximate surface area is 120 Å². The molecule has 2 nitrogen and oxygen atoms in total. The van der Waals surface area contributed by atoms with Crippen molar-refractivity contribution in [2.75, 3.05) is 20.6 Å². The summed E-state index contributed by atoms with van der Waals surface area (Å²) in [6.45, 7) is 7.13. The second-order valence-corrected chi connectivity index (χ2v) is 6.24. The molecule has 1 aliphatic carbocycles. The third-order valence-corrected chi connectivity index (χ3v) is 4.86. The van der Waals surface area contributed by atoms with Crippen molar-refractivity contribution in [3.8, 4) is 0 Å². The van der Waals surface area contributed by atoms with Crippen LogP contribution < -0.4 is 5.32 Å². The molecule has 0 heterocycles. The molecule has 112 valence electrons. The zero-order valence-corrected chi connectivity index (χ0v) is 13.4. The summed E-state index contributed by atoms with van der Waals surface area (Å²) in [5, 5.41) is 3.78. The Morgan fingerprint density at radius 2 is 1.89 bits per heavy atom. The summed E-state index contributed by atoms with van der Waals surface area (Å²) >= 11 is 0. The lowest BCUT2D eigenvalue weighted by Gasteiger charge is -2.44. The Morgan fingerprint density at radius 1 is 1.21 bits per heavy atom. The van der Waals surface area contributed by atoms with Gasteiger partial charge in [0.2, 0.25) is 0 Å². The average Bonchev–Trinajstić information content (AvgIpc) is 2.88. The van der Waals surface area contributed by atoms with Crippen LogP contribution in [0.5, 0.6) is 0 Å². The van der Waals surface area contributed by atoms with E-state index < -0.39 is 0 Å². The van der Waals surface area contributed by atoms with Crippen LogP contribution in [0.4, 0.5) is 0 Å². The number of nitrogens with one attached hydrogen (secondary N) is 1. The van der Waals surface area contributed by atoms with Crippen molar-refractivity contribution in [1.82, 2.24) is 10.2 Å². The number of nitrogens with zero attached hydrogens (tertiary/aromatic N) is 1. The van der Waals surface area contributed by atoms with Crippen molar-refractivity contribution < 1.29 is 0 Å². The molecule has 1 rings (SSSR count). The molecule has 19 heavy (non-hydrogen) atoms. The van der Waals surface area contributed by atoms with Crippen LogP contribution in [0, 0.1) is 0 Å². The molecule has 1 saturated carbocycles. The second-order valence-electron chi connectivity index (χ2n) is 6.24. The summed E-state index contributed by atoms with van der Waals surface area (Å²) in [7, 11) is 4.54.